The molecule has 0 bridgehead atoms. The number of ether oxygens (including phenoxy) is 3. The van der Waals surface area contributed by atoms with Crippen LogP contribution in [0.5, 0.6) is 5.88 Å². The molecule has 3 rings (SSSR count). The summed E-state index contributed by atoms with van der Waals surface area (Å²) in [4.78, 5) is 8.97. The summed E-state index contributed by atoms with van der Waals surface area (Å²) in [6, 6.07) is 4.12. The van der Waals surface area contributed by atoms with E-state index in [4.69, 9.17) is 14.2 Å². The van der Waals surface area contributed by atoms with E-state index in [1.54, 1.807) is 6.20 Å². The minimum Gasteiger partial charge on any atom is -0.477 e. The van der Waals surface area contributed by atoms with Crippen LogP contribution in [-0.4, -0.2) is 56.1 Å². The van der Waals surface area contributed by atoms with E-state index < -0.39 is 0 Å². The molecular weight excluding hydrogens is 471 g/mol. The Balaban J connectivity index is 0.00000280. The van der Waals surface area contributed by atoms with Crippen molar-refractivity contribution < 1.29 is 14.2 Å². The molecule has 2 heterocycles. The average Bonchev–Trinajstić information content (AvgIpc) is 3.36. The molecule has 2 atom stereocenters. The first-order valence-corrected chi connectivity index (χ1v) is 10.0. The Morgan fingerprint density at radius 3 is 2.96 bits per heavy atom. The van der Waals surface area contributed by atoms with E-state index in [2.05, 4.69) is 34.5 Å². The Morgan fingerprint density at radius 2 is 2.25 bits per heavy atom. The van der Waals surface area contributed by atoms with Crippen LogP contribution in [0.1, 0.15) is 38.7 Å². The quantitative estimate of drug-likeness (QED) is 0.290. The van der Waals surface area contributed by atoms with Crippen LogP contribution in [0.3, 0.4) is 0 Å². The van der Waals surface area contributed by atoms with E-state index in [1.807, 2.05) is 12.1 Å². The number of hydrogen-bond acceptors (Lipinski definition) is 5. The van der Waals surface area contributed by atoms with Crippen molar-refractivity contribution in [1.29, 1.82) is 0 Å². The van der Waals surface area contributed by atoms with Crippen LogP contribution < -0.4 is 15.4 Å². The van der Waals surface area contributed by atoms with Gasteiger partial charge < -0.3 is 24.8 Å². The van der Waals surface area contributed by atoms with Gasteiger partial charge in [0.05, 0.1) is 32.5 Å². The lowest BCUT2D eigenvalue weighted by Gasteiger charge is -2.19. The predicted octanol–water partition coefficient (Wildman–Crippen LogP) is 2.74. The fraction of sp³-hybridized carbons (Fsp3) is 0.700. The second-order valence-corrected chi connectivity index (χ2v) is 7.32. The Bertz CT molecular complexity index is 607. The van der Waals surface area contributed by atoms with Gasteiger partial charge in [-0.2, -0.15) is 0 Å². The van der Waals surface area contributed by atoms with Gasteiger partial charge in [0.25, 0.3) is 0 Å². The molecule has 158 valence electrons. The van der Waals surface area contributed by atoms with E-state index in [1.165, 1.54) is 12.8 Å². The first kappa shape index (κ1) is 23.2. The molecule has 2 unspecified atom stereocenters. The van der Waals surface area contributed by atoms with Crippen LogP contribution in [0, 0.1) is 5.92 Å². The topological polar surface area (TPSA) is 77.0 Å². The molecule has 1 aromatic heterocycles. The molecule has 1 aliphatic carbocycles. The number of hydrogen-bond donors (Lipinski definition) is 2. The first-order valence-electron chi connectivity index (χ1n) is 10.0. The van der Waals surface area contributed by atoms with Gasteiger partial charge >= 0.3 is 0 Å². The number of nitrogens with zero attached hydrogens (tertiary/aromatic N) is 2. The summed E-state index contributed by atoms with van der Waals surface area (Å²) in [5.41, 5.74) is 1.08. The van der Waals surface area contributed by atoms with Crippen LogP contribution in [0.25, 0.3) is 0 Å². The lowest BCUT2D eigenvalue weighted by atomic mass is 10.2. The molecule has 1 saturated heterocycles. The van der Waals surface area contributed by atoms with Crippen LogP contribution in [0.15, 0.2) is 23.3 Å². The predicted molar refractivity (Wildman–Crippen MR) is 120 cm³/mol. The number of halogens is 1. The minimum atomic E-state index is 0. The lowest BCUT2D eigenvalue weighted by Crippen LogP contribution is -2.44. The highest BCUT2D eigenvalue weighted by Gasteiger charge is 2.22. The van der Waals surface area contributed by atoms with Gasteiger partial charge in [0, 0.05) is 31.5 Å². The summed E-state index contributed by atoms with van der Waals surface area (Å²) in [5.74, 6) is 2.19. The highest BCUT2D eigenvalue weighted by Crippen LogP contribution is 2.29. The lowest BCUT2D eigenvalue weighted by molar-refractivity contribution is 0.0347. The molecule has 0 aromatic carbocycles. The second-order valence-electron chi connectivity index (χ2n) is 7.32. The van der Waals surface area contributed by atoms with Gasteiger partial charge in [0.1, 0.15) is 0 Å². The highest BCUT2D eigenvalue weighted by molar-refractivity contribution is 14.0. The minimum absolute atomic E-state index is 0. The van der Waals surface area contributed by atoms with Crippen LogP contribution in [0.2, 0.25) is 0 Å². The van der Waals surface area contributed by atoms with Crippen molar-refractivity contribution in [3.8, 4) is 5.88 Å². The Labute approximate surface area is 185 Å². The van der Waals surface area contributed by atoms with Gasteiger partial charge in [-0.1, -0.05) is 0 Å². The van der Waals surface area contributed by atoms with Crippen molar-refractivity contribution >= 4 is 29.9 Å². The van der Waals surface area contributed by atoms with Crippen molar-refractivity contribution in [2.24, 2.45) is 10.9 Å². The summed E-state index contributed by atoms with van der Waals surface area (Å²) in [6.45, 7) is 8.44. The van der Waals surface area contributed by atoms with Crippen molar-refractivity contribution in [1.82, 2.24) is 15.6 Å². The normalized spacial score (nSPS) is 20.4. The standard InChI is InChI=1S/C20H32N4O3.HI/c1-3-21-20(24-15(2)12-26-18-7-9-25-14-18)23-11-17-6-8-22-19(10-17)27-13-16-4-5-16;/h6,8,10,15-16,18H,3-5,7,9,11-14H2,1-2H3,(H2,21,23,24);1H. The van der Waals surface area contributed by atoms with Gasteiger partial charge in [0.15, 0.2) is 5.96 Å². The third-order valence-electron chi connectivity index (χ3n) is 4.58. The number of aromatic nitrogens is 1. The summed E-state index contributed by atoms with van der Waals surface area (Å²) in [5, 5.41) is 6.69. The second kappa shape index (κ2) is 12.4. The number of aliphatic imine (C=N–C) groups is 1. The molecule has 1 aromatic rings. The van der Waals surface area contributed by atoms with E-state index in [0.29, 0.717) is 25.6 Å². The van der Waals surface area contributed by atoms with E-state index in [0.717, 1.165) is 43.6 Å². The Kier molecular flexibility index (Phi) is 10.3. The fourth-order valence-electron chi connectivity index (χ4n) is 2.81. The molecule has 0 spiro atoms. The summed E-state index contributed by atoms with van der Waals surface area (Å²) < 4.78 is 17.0. The number of nitrogens with one attached hydrogen (secondary N) is 2. The van der Waals surface area contributed by atoms with Crippen molar-refractivity contribution in [2.45, 2.75) is 51.8 Å². The van der Waals surface area contributed by atoms with Crippen molar-refractivity contribution in [3.63, 3.8) is 0 Å². The third kappa shape index (κ3) is 8.48. The van der Waals surface area contributed by atoms with Gasteiger partial charge in [0.2, 0.25) is 5.88 Å². The number of guanidine groups is 1. The van der Waals surface area contributed by atoms with E-state index in [9.17, 15) is 0 Å². The molecule has 1 aliphatic heterocycles. The zero-order valence-electron chi connectivity index (χ0n) is 16.9. The Morgan fingerprint density at radius 1 is 1.39 bits per heavy atom. The largest absolute Gasteiger partial charge is 0.477 e. The molecule has 28 heavy (non-hydrogen) atoms. The SMILES string of the molecule is CCNC(=NCc1ccnc(OCC2CC2)c1)NC(C)COC1CCOC1.I. The third-order valence-corrected chi connectivity index (χ3v) is 4.58. The summed E-state index contributed by atoms with van der Waals surface area (Å²) in [6.07, 6.45) is 5.54. The number of pyridine rings is 1. The average molecular weight is 504 g/mol. The number of rotatable bonds is 10. The molecule has 2 fully saturated rings. The van der Waals surface area contributed by atoms with Crippen LogP contribution in [-0.2, 0) is 16.0 Å². The van der Waals surface area contributed by atoms with Crippen LogP contribution in [0.4, 0.5) is 0 Å². The fourth-order valence-corrected chi connectivity index (χ4v) is 2.81. The maximum atomic E-state index is 5.88. The molecule has 7 nitrogen and oxygen atoms in total. The van der Waals surface area contributed by atoms with Crippen molar-refractivity contribution in [2.75, 3.05) is 33.0 Å². The molecule has 0 amide bonds. The highest BCUT2D eigenvalue weighted by atomic mass is 127. The van der Waals surface area contributed by atoms with Gasteiger partial charge in [-0.15, -0.1) is 24.0 Å². The Hall–Kier alpha value is -1.13. The van der Waals surface area contributed by atoms with Crippen molar-refractivity contribution in [3.05, 3.63) is 23.9 Å². The maximum absolute atomic E-state index is 5.88. The molecule has 2 aliphatic rings. The summed E-state index contributed by atoms with van der Waals surface area (Å²) in [7, 11) is 0. The molecule has 0 radical (unpaired) electrons. The van der Waals surface area contributed by atoms with E-state index in [-0.39, 0.29) is 36.1 Å². The molecule has 2 N–H and O–H groups in total. The zero-order chi connectivity index (χ0) is 18.9. The summed E-state index contributed by atoms with van der Waals surface area (Å²) >= 11 is 0. The zero-order valence-corrected chi connectivity index (χ0v) is 19.2. The molecular formula is C20H33IN4O3. The smallest absolute Gasteiger partial charge is 0.213 e. The first-order chi connectivity index (χ1) is 13.2. The van der Waals surface area contributed by atoms with E-state index >= 15 is 0 Å². The molecule has 1 saturated carbocycles. The van der Waals surface area contributed by atoms with Crippen LogP contribution >= 0.6 is 24.0 Å². The van der Waals surface area contributed by atoms with Gasteiger partial charge in [-0.25, -0.2) is 9.98 Å². The van der Waals surface area contributed by atoms with Gasteiger partial charge in [-0.05, 0) is 50.7 Å². The van der Waals surface area contributed by atoms with Gasteiger partial charge in [-0.3, -0.25) is 0 Å². The monoisotopic (exact) mass is 504 g/mol. The maximum Gasteiger partial charge on any atom is 0.213 e. The molecule has 8 heteroatoms.